The minimum absolute atomic E-state index is 0.0146. The Kier molecular flexibility index (Phi) is 5.86. The number of para-hydroxylation sites is 1. The van der Waals surface area contributed by atoms with Crippen molar-refractivity contribution in [2.75, 3.05) is 13.7 Å². The number of hydrogen-bond donors (Lipinski definition) is 0. The van der Waals surface area contributed by atoms with Crippen LogP contribution < -0.4 is 4.74 Å². The van der Waals surface area contributed by atoms with Crippen LogP contribution in [0.25, 0.3) is 0 Å². The summed E-state index contributed by atoms with van der Waals surface area (Å²) in [7, 11) is 1.57. The molecule has 0 aliphatic carbocycles. The van der Waals surface area contributed by atoms with E-state index in [1.54, 1.807) is 13.2 Å². The Morgan fingerprint density at radius 2 is 1.94 bits per heavy atom. The molecule has 0 saturated carbocycles. The lowest BCUT2D eigenvalue weighted by atomic mass is 9.97. The molecule has 3 nitrogen and oxygen atoms in total. The smallest absolute Gasteiger partial charge is 0.195 e. The van der Waals surface area contributed by atoms with E-state index in [0.717, 1.165) is 6.42 Å². The molecule has 0 fully saturated rings. The van der Waals surface area contributed by atoms with Gasteiger partial charge in [-0.3, -0.25) is 4.79 Å². The van der Waals surface area contributed by atoms with Crippen LogP contribution >= 0.6 is 0 Å². The maximum atomic E-state index is 12.4. The highest BCUT2D eigenvalue weighted by Crippen LogP contribution is 2.22. The van der Waals surface area contributed by atoms with Crippen molar-refractivity contribution in [3.05, 3.63) is 29.8 Å². The van der Waals surface area contributed by atoms with Gasteiger partial charge in [0.05, 0.1) is 12.2 Å². The van der Waals surface area contributed by atoms with Crippen molar-refractivity contribution >= 4 is 5.78 Å². The molecule has 0 bridgehead atoms. The number of Topliss-reactive ketones (excluding diaryl/α,β-unsaturated/α-hetero) is 1. The average Bonchev–Trinajstić information content (AvgIpc) is 2.37. The van der Waals surface area contributed by atoms with Crippen molar-refractivity contribution in [3.63, 3.8) is 0 Å². The summed E-state index contributed by atoms with van der Waals surface area (Å²) in [4.78, 5) is 12.4. The fraction of sp³-hybridized carbons (Fsp3) is 0.533. The van der Waals surface area contributed by atoms with Gasteiger partial charge in [-0.15, -0.1) is 0 Å². The molecule has 0 heterocycles. The summed E-state index contributed by atoms with van der Waals surface area (Å²) in [5.74, 6) is 0.771. The maximum Gasteiger partial charge on any atom is 0.195 e. The number of ketones is 1. The number of ether oxygens (including phenoxy) is 2. The number of methoxy groups -OCH3 is 1. The molecule has 0 aromatic heterocycles. The summed E-state index contributed by atoms with van der Waals surface area (Å²) in [6.07, 6.45) is 0.497. The van der Waals surface area contributed by atoms with Crippen molar-refractivity contribution in [3.8, 4) is 5.75 Å². The molecule has 0 saturated heterocycles. The minimum Gasteiger partial charge on any atom is -0.493 e. The van der Waals surface area contributed by atoms with E-state index in [-0.39, 0.29) is 11.7 Å². The van der Waals surface area contributed by atoms with Crippen molar-refractivity contribution in [2.45, 2.75) is 33.3 Å². The third-order valence-corrected chi connectivity index (χ3v) is 2.73. The van der Waals surface area contributed by atoms with Gasteiger partial charge in [0.15, 0.2) is 5.78 Å². The molecule has 1 rings (SSSR count). The quantitative estimate of drug-likeness (QED) is 0.696. The van der Waals surface area contributed by atoms with Gasteiger partial charge in [0, 0.05) is 7.11 Å². The molecule has 0 aliphatic heterocycles. The lowest BCUT2D eigenvalue weighted by Gasteiger charge is -2.19. The molecule has 3 heteroatoms. The highest BCUT2D eigenvalue weighted by Gasteiger charge is 2.25. The molecular weight excluding hydrogens is 228 g/mol. The zero-order valence-electron chi connectivity index (χ0n) is 11.6. The van der Waals surface area contributed by atoms with Gasteiger partial charge in [0.25, 0.3) is 0 Å². The van der Waals surface area contributed by atoms with Crippen LogP contribution in [0.5, 0.6) is 5.75 Å². The molecule has 1 aromatic rings. The minimum atomic E-state index is -0.420. The fourth-order valence-corrected chi connectivity index (χ4v) is 1.84. The Bertz CT molecular complexity index is 385. The first-order valence-corrected chi connectivity index (χ1v) is 6.40. The largest absolute Gasteiger partial charge is 0.493 e. The third-order valence-electron chi connectivity index (χ3n) is 2.73. The van der Waals surface area contributed by atoms with E-state index in [9.17, 15) is 4.79 Å². The van der Waals surface area contributed by atoms with Gasteiger partial charge in [-0.05, 0) is 24.5 Å². The molecule has 0 aliphatic rings. The normalized spacial score (nSPS) is 12.5. The zero-order chi connectivity index (χ0) is 13.5. The lowest BCUT2D eigenvalue weighted by Crippen LogP contribution is -2.29. The van der Waals surface area contributed by atoms with Crippen molar-refractivity contribution in [1.29, 1.82) is 0 Å². The Labute approximate surface area is 109 Å². The molecule has 1 aromatic carbocycles. The van der Waals surface area contributed by atoms with Crippen molar-refractivity contribution in [2.24, 2.45) is 5.92 Å². The van der Waals surface area contributed by atoms with Gasteiger partial charge >= 0.3 is 0 Å². The summed E-state index contributed by atoms with van der Waals surface area (Å²) in [5, 5.41) is 0. The summed E-state index contributed by atoms with van der Waals surface area (Å²) in [6, 6.07) is 7.34. The summed E-state index contributed by atoms with van der Waals surface area (Å²) < 4.78 is 10.9. The summed E-state index contributed by atoms with van der Waals surface area (Å²) >= 11 is 0. The Balaban J connectivity index is 2.96. The first-order chi connectivity index (χ1) is 8.61. The first kappa shape index (κ1) is 14.7. The van der Waals surface area contributed by atoms with Gasteiger partial charge in [0.1, 0.15) is 11.9 Å². The van der Waals surface area contributed by atoms with E-state index in [0.29, 0.717) is 17.9 Å². The van der Waals surface area contributed by atoms with Gasteiger partial charge in [0.2, 0.25) is 0 Å². The predicted octanol–water partition coefficient (Wildman–Crippen LogP) is 3.33. The first-order valence-electron chi connectivity index (χ1n) is 6.40. The second-order valence-electron chi connectivity index (χ2n) is 4.61. The van der Waals surface area contributed by atoms with Crippen LogP contribution in [0.15, 0.2) is 24.3 Å². The van der Waals surface area contributed by atoms with E-state index in [2.05, 4.69) is 0 Å². The Morgan fingerprint density at radius 3 is 2.50 bits per heavy atom. The van der Waals surface area contributed by atoms with E-state index >= 15 is 0 Å². The van der Waals surface area contributed by atoms with Gasteiger partial charge in [-0.2, -0.15) is 0 Å². The molecule has 100 valence electrons. The molecule has 0 spiro atoms. The van der Waals surface area contributed by atoms with Crippen LogP contribution in [-0.4, -0.2) is 25.6 Å². The molecule has 1 atom stereocenters. The second-order valence-corrected chi connectivity index (χ2v) is 4.61. The summed E-state index contributed by atoms with van der Waals surface area (Å²) in [5.41, 5.74) is 0.603. The van der Waals surface area contributed by atoms with Crippen LogP contribution in [0.4, 0.5) is 0 Å². The fourth-order valence-electron chi connectivity index (χ4n) is 1.84. The Morgan fingerprint density at radius 1 is 1.28 bits per heavy atom. The molecular formula is C15H22O3. The standard InChI is InChI=1S/C15H22O3/c1-5-10-18-13-9-7-6-8-12(13)14(16)15(17-4)11(2)3/h6-9,11,15H,5,10H2,1-4H3. The highest BCUT2D eigenvalue weighted by molar-refractivity contribution is 6.02. The van der Waals surface area contributed by atoms with Crippen LogP contribution in [0.2, 0.25) is 0 Å². The van der Waals surface area contributed by atoms with Gasteiger partial charge in [-0.1, -0.05) is 32.9 Å². The predicted molar refractivity (Wildman–Crippen MR) is 72.2 cm³/mol. The van der Waals surface area contributed by atoms with E-state index < -0.39 is 6.10 Å². The molecule has 18 heavy (non-hydrogen) atoms. The van der Waals surface area contributed by atoms with Gasteiger partial charge in [-0.25, -0.2) is 0 Å². The number of benzene rings is 1. The van der Waals surface area contributed by atoms with Crippen LogP contribution in [0, 0.1) is 5.92 Å². The van der Waals surface area contributed by atoms with Crippen LogP contribution in [-0.2, 0) is 4.74 Å². The topological polar surface area (TPSA) is 35.5 Å². The number of carbonyl (C=O) groups excluding carboxylic acids is 1. The van der Waals surface area contributed by atoms with E-state index in [4.69, 9.17) is 9.47 Å². The van der Waals surface area contributed by atoms with Crippen molar-refractivity contribution in [1.82, 2.24) is 0 Å². The number of hydrogen-bond acceptors (Lipinski definition) is 3. The highest BCUT2D eigenvalue weighted by atomic mass is 16.5. The monoisotopic (exact) mass is 250 g/mol. The molecule has 0 N–H and O–H groups in total. The van der Waals surface area contributed by atoms with Crippen LogP contribution in [0.3, 0.4) is 0 Å². The molecule has 0 radical (unpaired) electrons. The maximum absolute atomic E-state index is 12.4. The van der Waals surface area contributed by atoms with Crippen molar-refractivity contribution < 1.29 is 14.3 Å². The van der Waals surface area contributed by atoms with E-state index in [1.165, 1.54) is 0 Å². The molecule has 1 unspecified atom stereocenters. The molecule has 0 amide bonds. The second kappa shape index (κ2) is 7.17. The number of rotatable bonds is 7. The number of carbonyl (C=O) groups is 1. The average molecular weight is 250 g/mol. The van der Waals surface area contributed by atoms with Gasteiger partial charge < -0.3 is 9.47 Å². The van der Waals surface area contributed by atoms with E-state index in [1.807, 2.05) is 39.0 Å². The Hall–Kier alpha value is -1.35. The lowest BCUT2D eigenvalue weighted by molar-refractivity contribution is 0.0455. The SMILES string of the molecule is CCCOc1ccccc1C(=O)C(OC)C(C)C. The zero-order valence-corrected chi connectivity index (χ0v) is 11.6. The van der Waals surface area contributed by atoms with Crippen LogP contribution in [0.1, 0.15) is 37.6 Å². The third kappa shape index (κ3) is 3.57. The summed E-state index contributed by atoms with van der Waals surface area (Å²) in [6.45, 7) is 6.60.